The van der Waals surface area contributed by atoms with E-state index in [9.17, 15) is 9.59 Å². The number of amides is 3. The fourth-order valence-electron chi connectivity index (χ4n) is 4.15. The number of hydrogen-bond acceptors (Lipinski definition) is 4. The van der Waals surface area contributed by atoms with Gasteiger partial charge in [-0.05, 0) is 31.9 Å². The summed E-state index contributed by atoms with van der Waals surface area (Å²) in [4.78, 5) is 32.5. The topological polar surface area (TPSA) is 73.8 Å². The van der Waals surface area contributed by atoms with Crippen molar-refractivity contribution in [2.75, 3.05) is 26.0 Å². The lowest BCUT2D eigenvalue weighted by atomic mass is 10.1. The Balaban J connectivity index is 1.63. The number of urea groups is 1. The van der Waals surface area contributed by atoms with Crippen molar-refractivity contribution in [2.45, 2.75) is 39.8 Å². The Hall–Kier alpha value is -3.16. The molecule has 1 unspecified atom stereocenters. The smallest absolute Gasteiger partial charge is 0.382 e. The molecule has 1 fully saturated rings. The SMILES string of the molecule is CCc1ccccc1NCC[n+]1c(C)c(C)n2c1N=C1C2C(=O)N(C)C(=O)N1C. The highest BCUT2D eigenvalue weighted by Crippen LogP contribution is 2.34. The van der Waals surface area contributed by atoms with Gasteiger partial charge >= 0.3 is 12.0 Å². The third-order valence-corrected chi connectivity index (χ3v) is 6.00. The molecule has 2 aliphatic rings. The fourth-order valence-corrected chi connectivity index (χ4v) is 4.15. The minimum Gasteiger partial charge on any atom is -0.382 e. The highest BCUT2D eigenvalue weighted by atomic mass is 16.2. The zero-order chi connectivity index (χ0) is 20.9. The van der Waals surface area contributed by atoms with Gasteiger partial charge in [0, 0.05) is 26.3 Å². The number of anilines is 1. The van der Waals surface area contributed by atoms with E-state index in [0.717, 1.165) is 30.0 Å². The second-order valence-electron chi connectivity index (χ2n) is 7.54. The second kappa shape index (κ2) is 7.02. The van der Waals surface area contributed by atoms with E-state index in [1.165, 1.54) is 22.4 Å². The van der Waals surface area contributed by atoms with Crippen molar-refractivity contribution in [1.82, 2.24) is 14.4 Å². The van der Waals surface area contributed by atoms with Crippen LogP contribution in [-0.2, 0) is 17.8 Å². The number of hydrogen-bond donors (Lipinski definition) is 1. The first kappa shape index (κ1) is 19.2. The van der Waals surface area contributed by atoms with E-state index in [4.69, 9.17) is 4.99 Å². The van der Waals surface area contributed by atoms with Crippen molar-refractivity contribution >= 4 is 29.4 Å². The summed E-state index contributed by atoms with van der Waals surface area (Å²) in [5, 5.41) is 3.52. The van der Waals surface area contributed by atoms with Crippen LogP contribution < -0.4 is 9.88 Å². The maximum atomic E-state index is 12.8. The molecule has 0 bridgehead atoms. The number of fused-ring (bicyclic) bond motifs is 3. The summed E-state index contributed by atoms with van der Waals surface area (Å²) in [6.07, 6.45) is 0.974. The van der Waals surface area contributed by atoms with Crippen molar-refractivity contribution in [3.8, 4) is 0 Å². The molecule has 0 saturated carbocycles. The molecule has 29 heavy (non-hydrogen) atoms. The first-order chi connectivity index (χ1) is 13.9. The Morgan fingerprint density at radius 2 is 1.86 bits per heavy atom. The van der Waals surface area contributed by atoms with Crippen LogP contribution >= 0.6 is 0 Å². The molecular weight excluding hydrogens is 368 g/mol. The van der Waals surface area contributed by atoms with E-state index in [1.807, 2.05) is 24.5 Å². The van der Waals surface area contributed by atoms with Crippen LogP contribution in [0.4, 0.5) is 16.4 Å². The zero-order valence-electron chi connectivity index (χ0n) is 17.6. The number of carbonyl (C=O) groups excluding carboxylic acids is 2. The van der Waals surface area contributed by atoms with Gasteiger partial charge in [0.1, 0.15) is 11.4 Å². The van der Waals surface area contributed by atoms with Gasteiger partial charge in [0.15, 0.2) is 0 Å². The van der Waals surface area contributed by atoms with Gasteiger partial charge in [-0.1, -0.05) is 30.1 Å². The van der Waals surface area contributed by atoms with Crippen LogP contribution in [0.15, 0.2) is 29.3 Å². The van der Waals surface area contributed by atoms with Crippen molar-refractivity contribution < 1.29 is 14.2 Å². The molecule has 1 atom stereocenters. The number of amidine groups is 1. The Labute approximate surface area is 170 Å². The normalized spacial score (nSPS) is 18.1. The van der Waals surface area contributed by atoms with Crippen molar-refractivity contribution in [1.29, 1.82) is 0 Å². The predicted molar refractivity (Wildman–Crippen MR) is 110 cm³/mol. The molecule has 2 aliphatic heterocycles. The number of likely N-dealkylation sites (N-methyl/N-ethyl adjacent to an activating group) is 2. The van der Waals surface area contributed by atoms with E-state index >= 15 is 0 Å². The Bertz CT molecular complexity index is 1040. The van der Waals surface area contributed by atoms with Gasteiger partial charge < -0.3 is 5.32 Å². The summed E-state index contributed by atoms with van der Waals surface area (Å²) < 4.78 is 4.07. The number of nitrogens with one attached hydrogen (secondary N) is 1. The molecular formula is C21H27N6O2+. The summed E-state index contributed by atoms with van der Waals surface area (Å²) in [6, 6.07) is 7.38. The van der Waals surface area contributed by atoms with Gasteiger partial charge in [-0.3, -0.25) is 14.6 Å². The molecule has 4 rings (SSSR count). The lowest BCUT2D eigenvalue weighted by Crippen LogP contribution is -2.56. The molecule has 2 aromatic rings. The van der Waals surface area contributed by atoms with Crippen LogP contribution in [0, 0.1) is 13.8 Å². The van der Waals surface area contributed by atoms with Gasteiger partial charge in [0.05, 0.1) is 6.54 Å². The number of para-hydroxylation sites is 1. The molecule has 1 aromatic heterocycles. The third kappa shape index (κ3) is 2.82. The maximum Gasteiger partial charge on any atom is 0.402 e. The number of benzene rings is 1. The second-order valence-corrected chi connectivity index (χ2v) is 7.54. The molecule has 3 amide bonds. The molecule has 152 valence electrons. The van der Waals surface area contributed by atoms with Crippen LogP contribution in [0.1, 0.15) is 29.9 Å². The number of imide groups is 1. The van der Waals surface area contributed by atoms with Gasteiger partial charge in [-0.15, -0.1) is 0 Å². The summed E-state index contributed by atoms with van der Waals surface area (Å²) in [5.74, 6) is 0.967. The number of aryl methyl sites for hydroxylation is 1. The Morgan fingerprint density at radius 1 is 1.14 bits per heavy atom. The van der Waals surface area contributed by atoms with Crippen LogP contribution in [0.5, 0.6) is 0 Å². The zero-order valence-corrected chi connectivity index (χ0v) is 17.6. The van der Waals surface area contributed by atoms with Crippen molar-refractivity contribution in [3.63, 3.8) is 0 Å². The molecule has 0 aliphatic carbocycles. The molecule has 1 saturated heterocycles. The van der Waals surface area contributed by atoms with E-state index in [1.54, 1.807) is 7.05 Å². The summed E-state index contributed by atoms with van der Waals surface area (Å²) in [6.45, 7) is 7.63. The average Bonchev–Trinajstić information content (AvgIpc) is 3.22. The molecule has 1 N–H and O–H groups in total. The van der Waals surface area contributed by atoms with E-state index in [2.05, 4.69) is 35.0 Å². The van der Waals surface area contributed by atoms with Gasteiger partial charge in [-0.25, -0.2) is 13.9 Å². The van der Waals surface area contributed by atoms with Gasteiger partial charge in [0.2, 0.25) is 11.9 Å². The molecule has 8 heteroatoms. The van der Waals surface area contributed by atoms with Crippen molar-refractivity contribution in [3.05, 3.63) is 41.2 Å². The predicted octanol–water partition coefficient (Wildman–Crippen LogP) is 2.18. The van der Waals surface area contributed by atoms with Crippen LogP contribution in [0.25, 0.3) is 0 Å². The molecule has 8 nitrogen and oxygen atoms in total. The minimum atomic E-state index is -0.577. The maximum absolute atomic E-state index is 12.8. The van der Waals surface area contributed by atoms with E-state index < -0.39 is 6.04 Å². The van der Waals surface area contributed by atoms with Crippen molar-refractivity contribution in [2.24, 2.45) is 4.99 Å². The average molecular weight is 395 g/mol. The van der Waals surface area contributed by atoms with Gasteiger partial charge in [0.25, 0.3) is 5.91 Å². The van der Waals surface area contributed by atoms with Crippen LogP contribution in [0.2, 0.25) is 0 Å². The first-order valence-electron chi connectivity index (χ1n) is 9.93. The monoisotopic (exact) mass is 395 g/mol. The first-order valence-corrected chi connectivity index (χ1v) is 9.93. The highest BCUT2D eigenvalue weighted by Gasteiger charge is 2.53. The van der Waals surface area contributed by atoms with Gasteiger partial charge in [-0.2, -0.15) is 0 Å². The lowest BCUT2D eigenvalue weighted by molar-refractivity contribution is -0.686. The number of carbonyl (C=O) groups is 2. The van der Waals surface area contributed by atoms with Crippen LogP contribution in [-0.4, -0.2) is 52.8 Å². The largest absolute Gasteiger partial charge is 0.402 e. The molecule has 1 aromatic carbocycles. The number of imidazole rings is 1. The summed E-state index contributed by atoms with van der Waals surface area (Å²) >= 11 is 0. The molecule has 3 heterocycles. The van der Waals surface area contributed by atoms with Crippen LogP contribution in [0.3, 0.4) is 0 Å². The Kier molecular flexibility index (Phi) is 4.64. The van der Waals surface area contributed by atoms with E-state index in [0.29, 0.717) is 18.3 Å². The molecule has 0 spiro atoms. The number of rotatable bonds is 5. The number of aliphatic imine (C=N–C) groups is 1. The summed E-state index contributed by atoms with van der Waals surface area (Å²) in [5.41, 5.74) is 4.49. The minimum absolute atomic E-state index is 0.245. The summed E-state index contributed by atoms with van der Waals surface area (Å²) in [7, 11) is 3.18. The fraction of sp³-hybridized carbons (Fsp3) is 0.429. The number of nitrogens with zero attached hydrogens (tertiary/aromatic N) is 5. The lowest BCUT2D eigenvalue weighted by Gasteiger charge is -2.30. The standard InChI is InChI=1S/C21H27N6O2/c1-6-15-9-7-8-10-16(15)22-11-12-26-13(2)14(3)27-17-18(23-20(26)27)24(4)21(29)25(5)19(17)28/h7-10,17,22H,6,11-12H2,1-5H3/q+1. The third-order valence-electron chi connectivity index (χ3n) is 6.00. The quantitative estimate of drug-likeness (QED) is 0.789. The van der Waals surface area contributed by atoms with E-state index in [-0.39, 0.29) is 11.9 Å². The molecule has 0 radical (unpaired) electrons. The number of aromatic nitrogens is 2. The highest BCUT2D eigenvalue weighted by molar-refractivity contribution is 6.20. The Morgan fingerprint density at radius 3 is 2.59 bits per heavy atom.